The molecule has 0 bridgehead atoms. The monoisotopic (exact) mass is 476 g/mol. The lowest BCUT2D eigenvalue weighted by molar-refractivity contribution is -0.120. The SMILES string of the molecule is O=C(Cc1ccc(NC2=N[C@@H]3CS(=O)(=O)C[C@@H]3S2)cc1)NCC1CCN(C2CCCC2)C1. The van der Waals surface area contributed by atoms with Gasteiger partial charge in [0.25, 0.3) is 0 Å². The normalized spacial score (nSPS) is 29.8. The summed E-state index contributed by atoms with van der Waals surface area (Å²) in [6.45, 7) is 3.08. The molecule has 9 heteroatoms. The number of nitrogens with one attached hydrogen (secondary N) is 2. The van der Waals surface area contributed by atoms with Gasteiger partial charge in [-0.25, -0.2) is 8.42 Å². The number of amides is 1. The van der Waals surface area contributed by atoms with Gasteiger partial charge in [-0.3, -0.25) is 9.79 Å². The van der Waals surface area contributed by atoms with Gasteiger partial charge in [-0.1, -0.05) is 36.7 Å². The Kier molecular flexibility index (Phi) is 6.49. The van der Waals surface area contributed by atoms with Crippen molar-refractivity contribution in [2.24, 2.45) is 10.9 Å². The molecule has 3 aliphatic heterocycles. The molecule has 3 heterocycles. The third kappa shape index (κ3) is 5.31. The van der Waals surface area contributed by atoms with Crippen molar-refractivity contribution in [1.29, 1.82) is 0 Å². The average Bonchev–Trinajstić information content (AvgIpc) is 3.51. The number of rotatable bonds is 6. The van der Waals surface area contributed by atoms with Crippen molar-refractivity contribution in [2.45, 2.75) is 55.9 Å². The van der Waals surface area contributed by atoms with E-state index < -0.39 is 9.84 Å². The highest BCUT2D eigenvalue weighted by Crippen LogP contribution is 2.34. The fraction of sp³-hybridized carbons (Fsp3) is 0.652. The standard InChI is InChI=1S/C23H32N4O3S2/c28-22(24-12-17-9-10-27(13-17)19-3-1-2-4-19)11-16-5-7-18(8-6-16)25-23-26-20-14-32(29,30)15-21(20)31-23/h5-8,17,19-21H,1-4,9-15H2,(H,24,28)(H,25,26)/t17?,20-,21+/m1/s1. The van der Waals surface area contributed by atoms with Crippen molar-refractivity contribution < 1.29 is 13.2 Å². The average molecular weight is 477 g/mol. The summed E-state index contributed by atoms with van der Waals surface area (Å²) in [6, 6.07) is 8.49. The van der Waals surface area contributed by atoms with E-state index in [2.05, 4.69) is 20.5 Å². The molecule has 1 aromatic carbocycles. The van der Waals surface area contributed by atoms with E-state index >= 15 is 0 Å². The maximum Gasteiger partial charge on any atom is 0.224 e. The smallest absolute Gasteiger partial charge is 0.224 e. The first-order valence-electron chi connectivity index (χ1n) is 11.8. The van der Waals surface area contributed by atoms with Gasteiger partial charge >= 0.3 is 0 Å². The number of carbonyl (C=O) groups excluding carboxylic acids is 1. The van der Waals surface area contributed by atoms with Crippen molar-refractivity contribution in [1.82, 2.24) is 10.2 Å². The Hall–Kier alpha value is -1.58. The Morgan fingerprint density at radius 3 is 2.66 bits per heavy atom. The Labute approximate surface area is 194 Å². The van der Waals surface area contributed by atoms with E-state index in [0.29, 0.717) is 12.3 Å². The highest BCUT2D eigenvalue weighted by Gasteiger charge is 2.42. The summed E-state index contributed by atoms with van der Waals surface area (Å²) >= 11 is 1.51. The highest BCUT2D eigenvalue weighted by atomic mass is 32.2. The predicted octanol–water partition coefficient (Wildman–Crippen LogP) is 2.29. The third-order valence-electron chi connectivity index (χ3n) is 7.13. The van der Waals surface area contributed by atoms with Crippen molar-refractivity contribution in [2.75, 3.05) is 36.5 Å². The van der Waals surface area contributed by atoms with Crippen LogP contribution in [0.2, 0.25) is 0 Å². The lowest BCUT2D eigenvalue weighted by Crippen LogP contribution is -2.34. The maximum absolute atomic E-state index is 12.4. The number of benzene rings is 1. The fourth-order valence-corrected chi connectivity index (χ4v) is 9.06. The number of hydrogen-bond acceptors (Lipinski definition) is 7. The van der Waals surface area contributed by atoms with E-state index in [4.69, 9.17) is 0 Å². The Morgan fingerprint density at radius 1 is 1.12 bits per heavy atom. The van der Waals surface area contributed by atoms with Crippen LogP contribution in [-0.2, 0) is 21.1 Å². The molecule has 3 fully saturated rings. The molecule has 174 valence electrons. The molecule has 0 spiro atoms. The Morgan fingerprint density at radius 2 is 1.91 bits per heavy atom. The van der Waals surface area contributed by atoms with Crippen molar-refractivity contribution in [3.05, 3.63) is 29.8 Å². The number of anilines is 1. The van der Waals surface area contributed by atoms with Gasteiger partial charge in [0, 0.05) is 30.1 Å². The third-order valence-corrected chi connectivity index (χ3v) is 10.3. The molecule has 0 radical (unpaired) electrons. The minimum absolute atomic E-state index is 0.0376. The minimum Gasteiger partial charge on any atom is -0.355 e. The number of thioether (sulfide) groups is 1. The lowest BCUT2D eigenvalue weighted by Gasteiger charge is -2.23. The Bertz CT molecular complexity index is 973. The molecule has 2 N–H and O–H groups in total. The van der Waals surface area contributed by atoms with Crippen LogP contribution in [0.3, 0.4) is 0 Å². The number of carbonyl (C=O) groups is 1. The van der Waals surface area contributed by atoms with Crippen molar-refractivity contribution in [3.8, 4) is 0 Å². The second-order valence-corrected chi connectivity index (χ2v) is 13.0. The van der Waals surface area contributed by atoms with Gasteiger partial charge in [0.1, 0.15) is 0 Å². The molecule has 5 rings (SSSR count). The van der Waals surface area contributed by atoms with Crippen LogP contribution in [0.4, 0.5) is 5.69 Å². The zero-order chi connectivity index (χ0) is 22.1. The minimum atomic E-state index is -2.93. The van der Waals surface area contributed by atoms with Crippen LogP contribution in [0.25, 0.3) is 0 Å². The first kappa shape index (κ1) is 22.2. The summed E-state index contributed by atoms with van der Waals surface area (Å²) in [5, 5.41) is 7.23. The first-order valence-corrected chi connectivity index (χ1v) is 14.5. The molecule has 1 aromatic rings. The zero-order valence-corrected chi connectivity index (χ0v) is 20.0. The van der Waals surface area contributed by atoms with E-state index in [1.54, 1.807) is 0 Å². The molecule has 1 saturated carbocycles. The number of hydrogen-bond donors (Lipinski definition) is 2. The van der Waals surface area contributed by atoms with Crippen LogP contribution in [0.15, 0.2) is 29.3 Å². The highest BCUT2D eigenvalue weighted by molar-refractivity contribution is 8.15. The Balaban J connectivity index is 1.05. The number of sulfone groups is 1. The number of nitrogens with zero attached hydrogens (tertiary/aromatic N) is 2. The summed E-state index contributed by atoms with van der Waals surface area (Å²) in [5.41, 5.74) is 1.89. The zero-order valence-electron chi connectivity index (χ0n) is 18.3. The summed E-state index contributed by atoms with van der Waals surface area (Å²) < 4.78 is 23.4. The fourth-order valence-electron chi connectivity index (χ4n) is 5.38. The molecule has 1 aliphatic carbocycles. The van der Waals surface area contributed by atoms with Gasteiger partial charge in [0.2, 0.25) is 5.91 Å². The van der Waals surface area contributed by atoms with Crippen LogP contribution in [0, 0.1) is 5.92 Å². The van der Waals surface area contributed by atoms with Crippen LogP contribution < -0.4 is 10.6 Å². The largest absolute Gasteiger partial charge is 0.355 e. The van der Waals surface area contributed by atoms with E-state index in [0.717, 1.165) is 35.5 Å². The van der Waals surface area contributed by atoms with Crippen molar-refractivity contribution >= 4 is 38.4 Å². The molecule has 3 atom stereocenters. The van der Waals surface area contributed by atoms with Crippen LogP contribution in [-0.4, -0.2) is 72.9 Å². The van der Waals surface area contributed by atoms with Crippen LogP contribution in [0.5, 0.6) is 0 Å². The van der Waals surface area contributed by atoms with E-state index in [-0.39, 0.29) is 28.7 Å². The van der Waals surface area contributed by atoms with E-state index in [1.807, 2.05) is 24.3 Å². The van der Waals surface area contributed by atoms with Gasteiger partial charge in [-0.15, -0.1) is 0 Å². The summed E-state index contributed by atoms with van der Waals surface area (Å²) in [7, 11) is -2.93. The quantitative estimate of drug-likeness (QED) is 0.655. The second kappa shape index (κ2) is 9.35. The number of aliphatic imine (C=N–C) groups is 1. The summed E-state index contributed by atoms with van der Waals surface area (Å²) in [5.74, 6) is 1.02. The predicted molar refractivity (Wildman–Crippen MR) is 130 cm³/mol. The molecule has 1 amide bonds. The number of fused-ring (bicyclic) bond motifs is 1. The molecule has 4 aliphatic rings. The molecular weight excluding hydrogens is 444 g/mol. The maximum atomic E-state index is 12.4. The molecule has 7 nitrogen and oxygen atoms in total. The lowest BCUT2D eigenvalue weighted by atomic mass is 10.1. The van der Waals surface area contributed by atoms with Crippen LogP contribution in [0.1, 0.15) is 37.7 Å². The van der Waals surface area contributed by atoms with E-state index in [9.17, 15) is 13.2 Å². The van der Waals surface area contributed by atoms with Crippen LogP contribution >= 0.6 is 11.8 Å². The topological polar surface area (TPSA) is 90.9 Å². The number of likely N-dealkylation sites (tertiary alicyclic amines) is 1. The van der Waals surface area contributed by atoms with Gasteiger partial charge in [0.15, 0.2) is 15.0 Å². The van der Waals surface area contributed by atoms with E-state index in [1.165, 1.54) is 50.4 Å². The molecular formula is C23H32N4O3S2. The molecule has 32 heavy (non-hydrogen) atoms. The molecule has 2 saturated heterocycles. The van der Waals surface area contributed by atoms with Gasteiger partial charge in [-0.2, -0.15) is 0 Å². The van der Waals surface area contributed by atoms with Gasteiger partial charge in [0.05, 0.1) is 24.0 Å². The first-order chi connectivity index (χ1) is 15.4. The van der Waals surface area contributed by atoms with Gasteiger partial charge in [-0.05, 0) is 49.4 Å². The number of amidine groups is 1. The van der Waals surface area contributed by atoms with Crippen molar-refractivity contribution in [3.63, 3.8) is 0 Å². The summed E-state index contributed by atoms with van der Waals surface area (Å²) in [6.07, 6.45) is 7.01. The molecule has 0 aromatic heterocycles. The second-order valence-electron chi connectivity index (χ2n) is 9.63. The molecule has 1 unspecified atom stereocenters. The summed E-state index contributed by atoms with van der Waals surface area (Å²) in [4.78, 5) is 19.6. The van der Waals surface area contributed by atoms with Gasteiger partial charge < -0.3 is 15.5 Å².